The van der Waals surface area contributed by atoms with Gasteiger partial charge >= 0.3 is 0 Å². The highest BCUT2D eigenvalue weighted by Gasteiger charge is 2.21. The highest BCUT2D eigenvalue weighted by Crippen LogP contribution is 2.49. The molecule has 1 heteroatoms. The standard InChI is InChI=1S/C52H32S/c1-3-19-38-33(13-1)15-10-24-40(38)35-17-9-18-37(31-35)50-44-22-5-6-23-45(44)51(43-26-11-16-34-14-2-4-20-39(34)43)46-27-12-25-41(52(46)50)36-29-30-49-47(32-36)42-21-7-8-28-48(42)53-49/h1-32H. The fraction of sp³-hybridized carbons (Fsp3) is 0. The van der Waals surface area contributed by atoms with Gasteiger partial charge in [-0.3, -0.25) is 0 Å². The van der Waals surface area contributed by atoms with Crippen molar-refractivity contribution in [3.8, 4) is 44.5 Å². The first-order valence-corrected chi connectivity index (χ1v) is 19.1. The van der Waals surface area contributed by atoms with Crippen LogP contribution >= 0.6 is 11.3 Å². The van der Waals surface area contributed by atoms with Gasteiger partial charge in [0.25, 0.3) is 0 Å². The van der Waals surface area contributed by atoms with Crippen molar-refractivity contribution in [3.63, 3.8) is 0 Å². The van der Waals surface area contributed by atoms with E-state index >= 15 is 0 Å². The first kappa shape index (κ1) is 30.1. The van der Waals surface area contributed by atoms with Gasteiger partial charge in [-0.25, -0.2) is 0 Å². The van der Waals surface area contributed by atoms with E-state index in [1.165, 1.54) is 108 Å². The molecule has 0 unspecified atom stereocenters. The molecular weight excluding hydrogens is 657 g/mol. The van der Waals surface area contributed by atoms with Crippen LogP contribution in [0.2, 0.25) is 0 Å². The molecule has 11 aromatic rings. The minimum Gasteiger partial charge on any atom is -0.135 e. The van der Waals surface area contributed by atoms with Crippen LogP contribution in [0.15, 0.2) is 194 Å². The molecule has 0 saturated heterocycles. The number of fused-ring (bicyclic) bond motifs is 7. The molecule has 0 aliphatic rings. The Bertz CT molecular complexity index is 3220. The Balaban J connectivity index is 1.28. The zero-order valence-corrected chi connectivity index (χ0v) is 29.7. The predicted molar refractivity (Wildman–Crippen MR) is 231 cm³/mol. The number of rotatable bonds is 4. The van der Waals surface area contributed by atoms with Crippen molar-refractivity contribution in [2.75, 3.05) is 0 Å². The monoisotopic (exact) mass is 688 g/mol. The Hall–Kier alpha value is -6.54. The molecule has 10 aromatic carbocycles. The summed E-state index contributed by atoms with van der Waals surface area (Å²) in [6.45, 7) is 0. The van der Waals surface area contributed by atoms with Crippen LogP contribution in [0.3, 0.4) is 0 Å². The summed E-state index contributed by atoms with van der Waals surface area (Å²) in [4.78, 5) is 0. The zero-order valence-electron chi connectivity index (χ0n) is 28.9. The molecule has 0 aliphatic carbocycles. The molecule has 0 bridgehead atoms. The SMILES string of the molecule is c1cc(-c2cccc3ccccc23)cc(-c2c3ccccc3c(-c3cccc4ccccc34)c3cccc(-c4ccc5sc6ccccc6c5c4)c23)c1. The molecule has 0 saturated carbocycles. The van der Waals surface area contributed by atoms with Gasteiger partial charge in [0.05, 0.1) is 0 Å². The van der Waals surface area contributed by atoms with Crippen LogP contribution in [-0.2, 0) is 0 Å². The summed E-state index contributed by atoms with van der Waals surface area (Å²) in [5.41, 5.74) is 9.99. The summed E-state index contributed by atoms with van der Waals surface area (Å²) in [5.74, 6) is 0. The topological polar surface area (TPSA) is 0 Å². The number of benzene rings is 10. The van der Waals surface area contributed by atoms with Crippen LogP contribution in [-0.4, -0.2) is 0 Å². The Labute approximate surface area is 311 Å². The number of thiophene rings is 1. The fourth-order valence-corrected chi connectivity index (χ4v) is 9.80. The second kappa shape index (κ2) is 12.0. The van der Waals surface area contributed by atoms with Crippen LogP contribution in [0.5, 0.6) is 0 Å². The fourth-order valence-electron chi connectivity index (χ4n) is 8.72. The first-order valence-electron chi connectivity index (χ1n) is 18.3. The lowest BCUT2D eigenvalue weighted by Gasteiger charge is -2.21. The molecule has 0 atom stereocenters. The molecule has 0 spiro atoms. The van der Waals surface area contributed by atoms with E-state index in [4.69, 9.17) is 0 Å². The zero-order chi connectivity index (χ0) is 34.9. The average molecular weight is 689 g/mol. The summed E-state index contributed by atoms with van der Waals surface area (Å²) in [5, 5.41) is 12.7. The van der Waals surface area contributed by atoms with E-state index in [9.17, 15) is 0 Å². The van der Waals surface area contributed by atoms with Gasteiger partial charge in [-0.2, -0.15) is 0 Å². The van der Waals surface area contributed by atoms with E-state index < -0.39 is 0 Å². The van der Waals surface area contributed by atoms with Gasteiger partial charge in [-0.1, -0.05) is 170 Å². The summed E-state index contributed by atoms with van der Waals surface area (Å²) < 4.78 is 2.65. The van der Waals surface area contributed by atoms with E-state index in [0.29, 0.717) is 0 Å². The summed E-state index contributed by atoms with van der Waals surface area (Å²) >= 11 is 1.87. The van der Waals surface area contributed by atoms with Gasteiger partial charge in [-0.05, 0) is 112 Å². The maximum absolute atomic E-state index is 2.42. The van der Waals surface area contributed by atoms with E-state index in [2.05, 4.69) is 194 Å². The maximum Gasteiger partial charge on any atom is 0.0355 e. The van der Waals surface area contributed by atoms with Gasteiger partial charge in [0.1, 0.15) is 0 Å². The average Bonchev–Trinajstić information content (AvgIpc) is 3.60. The Morgan fingerprint density at radius 1 is 0.264 bits per heavy atom. The lowest BCUT2D eigenvalue weighted by molar-refractivity contribution is 1.63. The van der Waals surface area contributed by atoms with Crippen molar-refractivity contribution in [2.24, 2.45) is 0 Å². The van der Waals surface area contributed by atoms with Crippen LogP contribution in [0.1, 0.15) is 0 Å². The third-order valence-electron chi connectivity index (χ3n) is 11.0. The second-order valence-corrected chi connectivity index (χ2v) is 15.1. The third-order valence-corrected chi connectivity index (χ3v) is 12.2. The van der Waals surface area contributed by atoms with E-state index in [1.54, 1.807) is 0 Å². The molecule has 0 N–H and O–H groups in total. The van der Waals surface area contributed by atoms with E-state index in [0.717, 1.165) is 0 Å². The normalized spacial score (nSPS) is 11.8. The lowest BCUT2D eigenvalue weighted by Crippen LogP contribution is -1.94. The molecule has 0 fully saturated rings. The van der Waals surface area contributed by atoms with Gasteiger partial charge in [0.15, 0.2) is 0 Å². The van der Waals surface area contributed by atoms with Crippen LogP contribution in [0.25, 0.3) is 108 Å². The van der Waals surface area contributed by atoms with Crippen molar-refractivity contribution in [3.05, 3.63) is 194 Å². The molecule has 53 heavy (non-hydrogen) atoms. The predicted octanol–water partition coefficient (Wildman–Crippen LogP) is 15.3. The van der Waals surface area contributed by atoms with Crippen LogP contribution < -0.4 is 0 Å². The highest BCUT2D eigenvalue weighted by molar-refractivity contribution is 7.25. The largest absolute Gasteiger partial charge is 0.135 e. The van der Waals surface area contributed by atoms with Gasteiger partial charge in [0, 0.05) is 20.2 Å². The number of hydrogen-bond donors (Lipinski definition) is 0. The van der Waals surface area contributed by atoms with Crippen molar-refractivity contribution < 1.29 is 0 Å². The van der Waals surface area contributed by atoms with E-state index in [1.807, 2.05) is 11.3 Å². The Morgan fingerprint density at radius 2 is 0.774 bits per heavy atom. The van der Waals surface area contributed by atoms with Gasteiger partial charge < -0.3 is 0 Å². The summed E-state index contributed by atoms with van der Waals surface area (Å²) in [7, 11) is 0. The molecule has 0 aliphatic heterocycles. The maximum atomic E-state index is 2.42. The molecule has 0 nitrogen and oxygen atoms in total. The Morgan fingerprint density at radius 3 is 1.57 bits per heavy atom. The molecule has 0 amide bonds. The molecule has 0 radical (unpaired) electrons. The van der Waals surface area contributed by atoms with Gasteiger partial charge in [0.2, 0.25) is 0 Å². The van der Waals surface area contributed by atoms with Crippen LogP contribution in [0, 0.1) is 0 Å². The molecule has 246 valence electrons. The van der Waals surface area contributed by atoms with Crippen molar-refractivity contribution >= 4 is 74.6 Å². The molecule has 1 aromatic heterocycles. The number of hydrogen-bond acceptors (Lipinski definition) is 1. The van der Waals surface area contributed by atoms with Crippen molar-refractivity contribution in [1.82, 2.24) is 0 Å². The lowest BCUT2D eigenvalue weighted by atomic mass is 9.81. The van der Waals surface area contributed by atoms with Crippen molar-refractivity contribution in [2.45, 2.75) is 0 Å². The van der Waals surface area contributed by atoms with Gasteiger partial charge in [-0.15, -0.1) is 11.3 Å². The minimum absolute atomic E-state index is 1.22. The smallest absolute Gasteiger partial charge is 0.0355 e. The first-order chi connectivity index (χ1) is 26.3. The second-order valence-electron chi connectivity index (χ2n) is 14.0. The molecule has 1 heterocycles. The Kier molecular flexibility index (Phi) is 6.83. The minimum atomic E-state index is 1.22. The molecular formula is C52H32S. The van der Waals surface area contributed by atoms with E-state index in [-0.39, 0.29) is 0 Å². The third kappa shape index (κ3) is 4.75. The summed E-state index contributed by atoms with van der Waals surface area (Å²) in [6, 6.07) is 71.9. The van der Waals surface area contributed by atoms with Crippen molar-refractivity contribution in [1.29, 1.82) is 0 Å². The highest BCUT2D eigenvalue weighted by atomic mass is 32.1. The summed E-state index contributed by atoms with van der Waals surface area (Å²) in [6.07, 6.45) is 0. The molecule has 11 rings (SSSR count). The van der Waals surface area contributed by atoms with Crippen LogP contribution in [0.4, 0.5) is 0 Å². The quantitative estimate of drug-likeness (QED) is 0.162.